The van der Waals surface area contributed by atoms with E-state index < -0.39 is 0 Å². The summed E-state index contributed by atoms with van der Waals surface area (Å²) < 4.78 is 6.08. The first-order valence-corrected chi connectivity index (χ1v) is 14.3. The van der Waals surface area contributed by atoms with Crippen LogP contribution in [0.2, 0.25) is 0 Å². The molecule has 0 bridgehead atoms. The van der Waals surface area contributed by atoms with Crippen LogP contribution >= 0.6 is 0 Å². The zero-order valence-electron chi connectivity index (χ0n) is 21.0. The van der Waals surface area contributed by atoms with E-state index in [-0.39, 0.29) is 16.8 Å². The van der Waals surface area contributed by atoms with E-state index in [9.17, 15) is 4.79 Å². The van der Waals surface area contributed by atoms with Crippen molar-refractivity contribution in [3.8, 4) is 0 Å². The maximum atomic E-state index is 13.8. The molecule has 0 radical (unpaired) electrons. The molecule has 0 atom stereocenters. The molecule has 3 aliphatic rings. The second-order valence-corrected chi connectivity index (χ2v) is 11.5. The molecule has 180 valence electrons. The number of carbonyl (C=O) groups excluding carboxylic acids is 1. The first-order valence-electron chi connectivity index (χ1n) is 14.3. The number of rotatable bonds is 11. The Labute approximate surface area is 193 Å². The van der Waals surface area contributed by atoms with Crippen molar-refractivity contribution in [2.24, 2.45) is 22.7 Å². The number of carbonyl (C=O) groups is 1. The van der Waals surface area contributed by atoms with Gasteiger partial charge in [-0.25, -0.2) is 0 Å². The van der Waals surface area contributed by atoms with E-state index in [1.54, 1.807) is 0 Å². The molecule has 2 heteroatoms. The third-order valence-corrected chi connectivity index (χ3v) is 9.66. The van der Waals surface area contributed by atoms with E-state index in [0.29, 0.717) is 6.61 Å². The lowest BCUT2D eigenvalue weighted by molar-refractivity contribution is -0.175. The fourth-order valence-electron chi connectivity index (χ4n) is 7.71. The van der Waals surface area contributed by atoms with Crippen LogP contribution in [-0.4, -0.2) is 12.6 Å². The van der Waals surface area contributed by atoms with Crippen molar-refractivity contribution < 1.29 is 9.53 Å². The molecular formula is C29H52O2. The molecule has 3 saturated carbocycles. The van der Waals surface area contributed by atoms with Crippen LogP contribution in [0.5, 0.6) is 0 Å². The van der Waals surface area contributed by atoms with Gasteiger partial charge in [0.2, 0.25) is 0 Å². The highest BCUT2D eigenvalue weighted by molar-refractivity contribution is 5.78. The fourth-order valence-corrected chi connectivity index (χ4v) is 7.71. The SMILES string of the molecule is CCCCCOC(=O)C1([C@]2(CCCCC)CC[C@H](C3CCCCC3)CC2)CCCCC1. The Morgan fingerprint density at radius 3 is 1.94 bits per heavy atom. The maximum absolute atomic E-state index is 13.8. The number of hydrogen-bond donors (Lipinski definition) is 0. The lowest BCUT2D eigenvalue weighted by Crippen LogP contribution is -2.52. The standard InChI is InChI=1S/C29H52O2/c1-3-5-11-19-28(22-17-26(18-23-28)25-15-9-7-10-16-25)29(20-12-8-13-21-29)27(30)31-24-14-6-4-2/h25-26H,3-24H2,1-2H3/t26-,28+. The quantitative estimate of drug-likeness (QED) is 0.240. The summed E-state index contributed by atoms with van der Waals surface area (Å²) in [4.78, 5) is 13.8. The Bertz CT molecular complexity index is 505. The summed E-state index contributed by atoms with van der Waals surface area (Å²) in [7, 11) is 0. The monoisotopic (exact) mass is 432 g/mol. The molecule has 3 aliphatic carbocycles. The third-order valence-electron chi connectivity index (χ3n) is 9.66. The Morgan fingerprint density at radius 1 is 0.710 bits per heavy atom. The van der Waals surface area contributed by atoms with Gasteiger partial charge >= 0.3 is 5.97 Å². The van der Waals surface area contributed by atoms with Crippen LogP contribution in [0, 0.1) is 22.7 Å². The predicted octanol–water partition coefficient (Wildman–Crippen LogP) is 9.01. The van der Waals surface area contributed by atoms with Crippen LogP contribution in [-0.2, 0) is 9.53 Å². The van der Waals surface area contributed by atoms with Gasteiger partial charge in [0.15, 0.2) is 0 Å². The van der Waals surface area contributed by atoms with E-state index in [1.165, 1.54) is 116 Å². The van der Waals surface area contributed by atoms with Crippen LogP contribution in [0.4, 0.5) is 0 Å². The summed E-state index contributed by atoms with van der Waals surface area (Å²) in [5.41, 5.74) is 0.0400. The summed E-state index contributed by atoms with van der Waals surface area (Å²) in [5, 5.41) is 0. The average Bonchev–Trinajstić information content (AvgIpc) is 2.83. The number of ether oxygens (including phenoxy) is 1. The zero-order chi connectivity index (χ0) is 22.0. The maximum Gasteiger partial charge on any atom is 0.312 e. The average molecular weight is 433 g/mol. The summed E-state index contributed by atoms with van der Waals surface area (Å²) in [5.74, 6) is 2.11. The molecule has 0 spiro atoms. The first kappa shape index (κ1) is 25.1. The van der Waals surface area contributed by atoms with Crippen molar-refractivity contribution in [2.45, 2.75) is 149 Å². The van der Waals surface area contributed by atoms with Gasteiger partial charge in [-0.2, -0.15) is 0 Å². The smallest absolute Gasteiger partial charge is 0.312 e. The molecule has 0 aromatic heterocycles. The van der Waals surface area contributed by atoms with Gasteiger partial charge < -0.3 is 4.74 Å². The highest BCUT2D eigenvalue weighted by atomic mass is 16.5. The van der Waals surface area contributed by atoms with Gasteiger partial charge in [-0.15, -0.1) is 0 Å². The minimum atomic E-state index is -0.178. The molecule has 0 saturated heterocycles. The van der Waals surface area contributed by atoms with E-state index in [1.807, 2.05) is 0 Å². The van der Waals surface area contributed by atoms with Crippen molar-refractivity contribution in [3.05, 3.63) is 0 Å². The van der Waals surface area contributed by atoms with Crippen LogP contribution in [0.25, 0.3) is 0 Å². The van der Waals surface area contributed by atoms with Gasteiger partial charge in [-0.05, 0) is 68.6 Å². The molecule has 0 aromatic rings. The first-order chi connectivity index (χ1) is 15.2. The molecule has 0 unspecified atom stereocenters. The van der Waals surface area contributed by atoms with Crippen LogP contribution in [0.1, 0.15) is 149 Å². The second kappa shape index (κ2) is 12.6. The van der Waals surface area contributed by atoms with E-state index >= 15 is 0 Å². The summed E-state index contributed by atoms with van der Waals surface area (Å²) >= 11 is 0. The zero-order valence-corrected chi connectivity index (χ0v) is 21.0. The van der Waals surface area contributed by atoms with Crippen molar-refractivity contribution in [1.82, 2.24) is 0 Å². The van der Waals surface area contributed by atoms with Gasteiger partial charge in [0, 0.05) is 0 Å². The molecule has 0 aliphatic heterocycles. The Hall–Kier alpha value is -0.530. The summed E-state index contributed by atoms with van der Waals surface area (Å²) in [6.07, 6.45) is 27.1. The Morgan fingerprint density at radius 2 is 1.29 bits per heavy atom. The molecular weight excluding hydrogens is 380 g/mol. The number of unbranched alkanes of at least 4 members (excludes halogenated alkanes) is 4. The molecule has 0 amide bonds. The van der Waals surface area contributed by atoms with Crippen LogP contribution < -0.4 is 0 Å². The largest absolute Gasteiger partial charge is 0.465 e. The minimum Gasteiger partial charge on any atom is -0.465 e. The van der Waals surface area contributed by atoms with E-state index in [2.05, 4.69) is 13.8 Å². The highest BCUT2D eigenvalue weighted by Gasteiger charge is 2.57. The van der Waals surface area contributed by atoms with Crippen molar-refractivity contribution in [1.29, 1.82) is 0 Å². The predicted molar refractivity (Wildman–Crippen MR) is 131 cm³/mol. The number of hydrogen-bond acceptors (Lipinski definition) is 2. The lowest BCUT2D eigenvalue weighted by atomic mass is 9.49. The van der Waals surface area contributed by atoms with Crippen LogP contribution in [0.15, 0.2) is 0 Å². The van der Waals surface area contributed by atoms with Gasteiger partial charge in [0.05, 0.1) is 12.0 Å². The summed E-state index contributed by atoms with van der Waals surface area (Å²) in [6, 6.07) is 0. The fraction of sp³-hybridized carbons (Fsp3) is 0.966. The van der Waals surface area contributed by atoms with Crippen LogP contribution in [0.3, 0.4) is 0 Å². The van der Waals surface area contributed by atoms with Gasteiger partial charge in [0.1, 0.15) is 0 Å². The topological polar surface area (TPSA) is 26.3 Å². The molecule has 31 heavy (non-hydrogen) atoms. The normalized spacial score (nSPS) is 29.5. The molecule has 0 aromatic carbocycles. The molecule has 3 fully saturated rings. The number of esters is 1. The lowest BCUT2D eigenvalue weighted by Gasteiger charge is -2.55. The van der Waals surface area contributed by atoms with Gasteiger partial charge in [0.25, 0.3) is 0 Å². The molecule has 3 rings (SSSR count). The second-order valence-electron chi connectivity index (χ2n) is 11.5. The Balaban J connectivity index is 1.75. The summed E-state index contributed by atoms with van der Waals surface area (Å²) in [6.45, 7) is 5.17. The Kier molecular flexibility index (Phi) is 10.2. The highest BCUT2D eigenvalue weighted by Crippen LogP contribution is 2.61. The van der Waals surface area contributed by atoms with Gasteiger partial charge in [-0.1, -0.05) is 97.3 Å². The van der Waals surface area contributed by atoms with Crippen molar-refractivity contribution in [2.75, 3.05) is 6.61 Å². The van der Waals surface area contributed by atoms with E-state index in [0.717, 1.165) is 31.1 Å². The van der Waals surface area contributed by atoms with E-state index in [4.69, 9.17) is 4.74 Å². The molecule has 2 nitrogen and oxygen atoms in total. The van der Waals surface area contributed by atoms with Crippen molar-refractivity contribution >= 4 is 5.97 Å². The third kappa shape index (κ3) is 6.08. The molecule has 0 heterocycles. The molecule has 0 N–H and O–H groups in total. The van der Waals surface area contributed by atoms with Gasteiger partial charge in [-0.3, -0.25) is 4.79 Å². The van der Waals surface area contributed by atoms with Crippen molar-refractivity contribution in [3.63, 3.8) is 0 Å². The minimum absolute atomic E-state index is 0.178.